The number of para-hydroxylation sites is 1. The average Bonchev–Trinajstić information content (AvgIpc) is 3.52. The van der Waals surface area contributed by atoms with Gasteiger partial charge in [-0.1, -0.05) is 25.1 Å². The number of aryl methyl sites for hydroxylation is 3. The Balaban J connectivity index is 1.52. The summed E-state index contributed by atoms with van der Waals surface area (Å²) in [7, 11) is 1.83. The minimum atomic E-state index is -0.283. The molecule has 1 saturated carbocycles. The summed E-state index contributed by atoms with van der Waals surface area (Å²) in [5.41, 5.74) is 4.75. The summed E-state index contributed by atoms with van der Waals surface area (Å²) in [5.74, 6) is -0.126. The highest BCUT2D eigenvalue weighted by Gasteiger charge is 2.28. The zero-order valence-electron chi connectivity index (χ0n) is 17.0. The van der Waals surface area contributed by atoms with Gasteiger partial charge >= 0.3 is 0 Å². The average molecular weight is 391 g/mol. The zero-order chi connectivity index (χ0) is 20.5. The van der Waals surface area contributed by atoms with Gasteiger partial charge < -0.3 is 10.6 Å². The fraction of sp³-hybridized carbons (Fsp3) is 0.364. The molecule has 2 aromatic heterocycles. The number of amides is 2. The second kappa shape index (κ2) is 7.66. The first-order chi connectivity index (χ1) is 14.0. The topological polar surface area (TPSA) is 88.9 Å². The third-order valence-corrected chi connectivity index (χ3v) is 5.31. The molecule has 0 spiro atoms. The van der Waals surface area contributed by atoms with Gasteiger partial charge in [0.25, 0.3) is 5.91 Å². The molecule has 0 radical (unpaired) electrons. The predicted molar refractivity (Wildman–Crippen MR) is 112 cm³/mol. The second-order valence-electron chi connectivity index (χ2n) is 7.52. The molecule has 1 aliphatic rings. The maximum atomic E-state index is 12.9. The highest BCUT2D eigenvalue weighted by molar-refractivity contribution is 6.08. The van der Waals surface area contributed by atoms with E-state index in [1.54, 1.807) is 4.68 Å². The Morgan fingerprint density at radius 3 is 2.72 bits per heavy atom. The number of nitrogens with zero attached hydrogens (tertiary/aromatic N) is 3. The van der Waals surface area contributed by atoms with Gasteiger partial charge in [-0.25, -0.2) is 4.98 Å². The van der Waals surface area contributed by atoms with Crippen LogP contribution in [0.4, 0.5) is 5.69 Å². The number of pyridine rings is 1. The van der Waals surface area contributed by atoms with E-state index in [-0.39, 0.29) is 18.4 Å². The van der Waals surface area contributed by atoms with Gasteiger partial charge in [-0.2, -0.15) is 5.10 Å². The molecule has 150 valence electrons. The first-order valence-electron chi connectivity index (χ1n) is 9.98. The summed E-state index contributed by atoms with van der Waals surface area (Å²) in [4.78, 5) is 30.0. The van der Waals surface area contributed by atoms with Crippen molar-refractivity contribution in [3.8, 4) is 0 Å². The van der Waals surface area contributed by atoms with Crippen molar-refractivity contribution >= 4 is 28.5 Å². The van der Waals surface area contributed by atoms with Crippen LogP contribution >= 0.6 is 0 Å². The van der Waals surface area contributed by atoms with Crippen LogP contribution < -0.4 is 10.6 Å². The number of carbonyl (C=O) groups is 2. The summed E-state index contributed by atoms with van der Waals surface area (Å²) < 4.78 is 1.71. The highest BCUT2D eigenvalue weighted by atomic mass is 16.2. The van der Waals surface area contributed by atoms with E-state index in [0.29, 0.717) is 17.1 Å². The number of anilines is 1. The molecule has 7 nitrogen and oxygen atoms in total. The fourth-order valence-electron chi connectivity index (χ4n) is 3.63. The molecule has 0 saturated heterocycles. The number of rotatable bonds is 6. The first kappa shape index (κ1) is 19.1. The number of hydrogen-bond acceptors (Lipinski definition) is 4. The number of fused-ring (bicyclic) bond motifs is 1. The molecule has 4 rings (SSSR count). The molecule has 2 N–H and O–H groups in total. The molecule has 1 fully saturated rings. The number of benzene rings is 1. The molecule has 1 aliphatic carbocycles. The van der Waals surface area contributed by atoms with E-state index in [2.05, 4.69) is 15.7 Å². The van der Waals surface area contributed by atoms with Crippen molar-refractivity contribution in [2.45, 2.75) is 39.0 Å². The van der Waals surface area contributed by atoms with Gasteiger partial charge in [-0.3, -0.25) is 14.3 Å². The van der Waals surface area contributed by atoms with Gasteiger partial charge in [-0.15, -0.1) is 0 Å². The maximum Gasteiger partial charge on any atom is 0.252 e. The first-order valence-corrected chi connectivity index (χ1v) is 9.98. The Hall–Kier alpha value is -3.22. The highest BCUT2D eigenvalue weighted by Crippen LogP contribution is 2.40. The maximum absolute atomic E-state index is 12.9. The van der Waals surface area contributed by atoms with Gasteiger partial charge in [-0.05, 0) is 43.9 Å². The molecule has 7 heteroatoms. The third-order valence-electron chi connectivity index (χ3n) is 5.31. The predicted octanol–water partition coefficient (Wildman–Crippen LogP) is 3.09. The van der Waals surface area contributed by atoms with E-state index in [0.717, 1.165) is 47.3 Å². The summed E-state index contributed by atoms with van der Waals surface area (Å²) in [6, 6.07) is 9.52. The molecular weight excluding hydrogens is 366 g/mol. The minimum Gasteiger partial charge on any atom is -0.343 e. The summed E-state index contributed by atoms with van der Waals surface area (Å²) >= 11 is 0. The van der Waals surface area contributed by atoms with Gasteiger partial charge in [0.05, 0.1) is 23.2 Å². The van der Waals surface area contributed by atoms with E-state index < -0.39 is 0 Å². The van der Waals surface area contributed by atoms with Crippen LogP contribution in [0.5, 0.6) is 0 Å². The van der Waals surface area contributed by atoms with Crippen LogP contribution in [-0.2, 0) is 18.3 Å². The quantitative estimate of drug-likeness (QED) is 0.676. The smallest absolute Gasteiger partial charge is 0.252 e. The summed E-state index contributed by atoms with van der Waals surface area (Å²) in [5, 5.41) is 10.8. The second-order valence-corrected chi connectivity index (χ2v) is 7.52. The van der Waals surface area contributed by atoms with Crippen LogP contribution in [0.25, 0.3) is 11.0 Å². The largest absolute Gasteiger partial charge is 0.343 e. The summed E-state index contributed by atoms with van der Waals surface area (Å²) in [6.45, 7) is 3.81. The molecule has 0 unspecified atom stereocenters. The molecule has 2 amide bonds. The van der Waals surface area contributed by atoms with Crippen molar-refractivity contribution in [1.29, 1.82) is 0 Å². The van der Waals surface area contributed by atoms with E-state index in [4.69, 9.17) is 4.98 Å². The number of hydrogen-bond donors (Lipinski definition) is 2. The van der Waals surface area contributed by atoms with Gasteiger partial charge in [0.15, 0.2) is 5.65 Å². The Morgan fingerprint density at radius 1 is 1.24 bits per heavy atom. The van der Waals surface area contributed by atoms with Crippen molar-refractivity contribution < 1.29 is 9.59 Å². The van der Waals surface area contributed by atoms with E-state index in [1.807, 2.05) is 51.2 Å². The normalized spacial score (nSPS) is 13.5. The molecule has 0 aliphatic heterocycles. The third kappa shape index (κ3) is 3.85. The minimum absolute atomic E-state index is 0.0984. The Kier molecular flexibility index (Phi) is 5.05. The van der Waals surface area contributed by atoms with Crippen LogP contribution in [0.2, 0.25) is 0 Å². The number of carbonyl (C=O) groups excluding carboxylic acids is 2. The lowest BCUT2D eigenvalue weighted by Crippen LogP contribution is -2.33. The van der Waals surface area contributed by atoms with Crippen LogP contribution in [-0.4, -0.2) is 33.1 Å². The number of aromatic nitrogens is 3. The molecule has 2 heterocycles. The van der Waals surface area contributed by atoms with E-state index in [9.17, 15) is 9.59 Å². The lowest BCUT2D eigenvalue weighted by Gasteiger charge is -2.11. The molecule has 0 bridgehead atoms. The molecule has 3 aromatic rings. The fourth-order valence-corrected chi connectivity index (χ4v) is 3.63. The molecule has 1 aromatic carbocycles. The Labute approximate surface area is 169 Å². The lowest BCUT2D eigenvalue weighted by molar-refractivity contribution is -0.115. The molecule has 29 heavy (non-hydrogen) atoms. The van der Waals surface area contributed by atoms with Gasteiger partial charge in [0.1, 0.15) is 0 Å². The van der Waals surface area contributed by atoms with Crippen molar-refractivity contribution in [3.05, 3.63) is 52.8 Å². The standard InChI is InChI=1S/C22H25N5O2/c1-4-14-7-5-6-8-17(14)24-19(28)12-23-22(29)16-11-18(15-9-10-15)25-21-20(16)13(2)26-27(21)3/h5-8,11,15H,4,9-10,12H2,1-3H3,(H,23,29)(H,24,28). The van der Waals surface area contributed by atoms with Crippen LogP contribution in [0.1, 0.15) is 53.0 Å². The van der Waals surface area contributed by atoms with Gasteiger partial charge in [0, 0.05) is 24.3 Å². The Bertz CT molecular complexity index is 1100. The molecule has 0 atom stereocenters. The van der Waals surface area contributed by atoms with Crippen molar-refractivity contribution in [1.82, 2.24) is 20.1 Å². The van der Waals surface area contributed by atoms with E-state index >= 15 is 0 Å². The van der Waals surface area contributed by atoms with Crippen LogP contribution in [0, 0.1) is 6.92 Å². The van der Waals surface area contributed by atoms with Crippen molar-refractivity contribution in [2.75, 3.05) is 11.9 Å². The summed E-state index contributed by atoms with van der Waals surface area (Å²) in [6.07, 6.45) is 3.01. The van der Waals surface area contributed by atoms with Crippen LogP contribution in [0.15, 0.2) is 30.3 Å². The van der Waals surface area contributed by atoms with Gasteiger partial charge in [0.2, 0.25) is 5.91 Å². The molecular formula is C22H25N5O2. The van der Waals surface area contributed by atoms with Crippen molar-refractivity contribution in [2.24, 2.45) is 7.05 Å². The SMILES string of the molecule is CCc1ccccc1NC(=O)CNC(=O)c1cc(C2CC2)nc2c1c(C)nn2C. The van der Waals surface area contributed by atoms with E-state index in [1.165, 1.54) is 0 Å². The number of nitrogens with one attached hydrogen (secondary N) is 2. The Morgan fingerprint density at radius 2 is 2.00 bits per heavy atom. The van der Waals surface area contributed by atoms with Crippen LogP contribution in [0.3, 0.4) is 0 Å². The zero-order valence-corrected chi connectivity index (χ0v) is 17.0. The van der Waals surface area contributed by atoms with Crippen molar-refractivity contribution in [3.63, 3.8) is 0 Å². The lowest BCUT2D eigenvalue weighted by atomic mass is 10.1. The monoisotopic (exact) mass is 391 g/mol.